The van der Waals surface area contributed by atoms with E-state index in [0.29, 0.717) is 16.7 Å². The van der Waals surface area contributed by atoms with E-state index in [1.807, 2.05) is 18.2 Å². The van der Waals surface area contributed by atoms with Gasteiger partial charge in [0.05, 0.1) is 18.6 Å². The third kappa shape index (κ3) is 4.47. The monoisotopic (exact) mass is 391 g/mol. The maximum atomic E-state index is 12.0. The van der Waals surface area contributed by atoms with E-state index in [2.05, 4.69) is 15.5 Å². The molecule has 7 nitrogen and oxygen atoms in total. The molecular formula is C17H14ClN3O4S. The molecule has 0 spiro atoms. The second-order valence-corrected chi connectivity index (χ2v) is 6.47. The van der Waals surface area contributed by atoms with Crippen LogP contribution >= 0.6 is 23.4 Å². The van der Waals surface area contributed by atoms with Crippen LogP contribution in [0.3, 0.4) is 0 Å². The summed E-state index contributed by atoms with van der Waals surface area (Å²) in [6, 6.07) is 11.6. The van der Waals surface area contributed by atoms with Crippen molar-refractivity contribution in [2.45, 2.75) is 5.22 Å². The zero-order chi connectivity index (χ0) is 18.5. The Labute approximate surface area is 158 Å². The Hall–Kier alpha value is -2.71. The first-order chi connectivity index (χ1) is 12.5. The van der Waals surface area contributed by atoms with Crippen molar-refractivity contribution in [3.8, 4) is 23.0 Å². The summed E-state index contributed by atoms with van der Waals surface area (Å²) in [4.78, 5) is 12.0. The van der Waals surface area contributed by atoms with Crippen LogP contribution in [0.1, 0.15) is 0 Å². The van der Waals surface area contributed by atoms with Crippen LogP contribution in [0.15, 0.2) is 52.1 Å². The predicted molar refractivity (Wildman–Crippen MR) is 98.8 cm³/mol. The molecule has 0 aliphatic carbocycles. The van der Waals surface area contributed by atoms with Gasteiger partial charge in [-0.3, -0.25) is 4.79 Å². The van der Waals surface area contributed by atoms with Crippen LogP contribution in [-0.4, -0.2) is 34.1 Å². The lowest BCUT2D eigenvalue weighted by Gasteiger charge is -2.06. The van der Waals surface area contributed by atoms with Gasteiger partial charge >= 0.3 is 0 Å². The number of phenols is 1. The number of rotatable bonds is 6. The molecule has 1 aromatic heterocycles. The van der Waals surface area contributed by atoms with E-state index in [0.717, 1.165) is 17.3 Å². The Balaban J connectivity index is 1.61. The van der Waals surface area contributed by atoms with Gasteiger partial charge in [0.15, 0.2) is 0 Å². The van der Waals surface area contributed by atoms with Gasteiger partial charge < -0.3 is 19.6 Å². The summed E-state index contributed by atoms with van der Waals surface area (Å²) in [6.07, 6.45) is 0. The van der Waals surface area contributed by atoms with Crippen LogP contribution in [0.5, 0.6) is 11.5 Å². The molecule has 1 heterocycles. The molecule has 0 bridgehead atoms. The van der Waals surface area contributed by atoms with E-state index >= 15 is 0 Å². The molecule has 3 rings (SSSR count). The molecule has 0 atom stereocenters. The molecule has 0 saturated carbocycles. The molecular weight excluding hydrogens is 378 g/mol. The standard InChI is InChI=1S/C17H14ClN3O4S/c1-24-12-4-2-3-10(7-12)16-20-21-17(25-16)26-9-15(23)19-13-8-11(18)5-6-14(13)22/h2-8,22H,9H2,1H3,(H,19,23). The summed E-state index contributed by atoms with van der Waals surface area (Å²) >= 11 is 6.93. The lowest BCUT2D eigenvalue weighted by atomic mass is 10.2. The maximum absolute atomic E-state index is 12.0. The summed E-state index contributed by atoms with van der Waals surface area (Å²) < 4.78 is 10.7. The van der Waals surface area contributed by atoms with Crippen molar-refractivity contribution < 1.29 is 19.1 Å². The number of hydrogen-bond acceptors (Lipinski definition) is 7. The lowest BCUT2D eigenvalue weighted by molar-refractivity contribution is -0.113. The summed E-state index contributed by atoms with van der Waals surface area (Å²) in [5.74, 6) is 0.639. The molecule has 0 unspecified atom stereocenters. The minimum absolute atomic E-state index is 0.0334. The maximum Gasteiger partial charge on any atom is 0.277 e. The molecule has 3 aromatic rings. The largest absolute Gasteiger partial charge is 0.506 e. The second kappa shape index (κ2) is 8.11. The number of ether oxygens (including phenoxy) is 1. The average Bonchev–Trinajstić information content (AvgIpc) is 3.12. The molecule has 9 heteroatoms. The summed E-state index contributed by atoms with van der Waals surface area (Å²) in [5, 5.41) is 20.8. The number of nitrogens with one attached hydrogen (secondary N) is 1. The Bertz CT molecular complexity index is 932. The molecule has 2 N–H and O–H groups in total. The molecule has 1 amide bonds. The van der Waals surface area contributed by atoms with E-state index < -0.39 is 0 Å². The highest BCUT2D eigenvalue weighted by molar-refractivity contribution is 7.99. The van der Waals surface area contributed by atoms with Crippen LogP contribution in [0.2, 0.25) is 5.02 Å². The van der Waals surface area contributed by atoms with Gasteiger partial charge in [0.25, 0.3) is 5.22 Å². The number of halogens is 1. The molecule has 134 valence electrons. The summed E-state index contributed by atoms with van der Waals surface area (Å²) in [6.45, 7) is 0. The number of anilines is 1. The first-order valence-electron chi connectivity index (χ1n) is 7.44. The normalized spacial score (nSPS) is 10.5. The van der Waals surface area contributed by atoms with Crippen molar-refractivity contribution in [1.82, 2.24) is 10.2 Å². The fourth-order valence-corrected chi connectivity index (χ4v) is 2.80. The number of thioether (sulfide) groups is 1. The molecule has 2 aromatic carbocycles. The number of amides is 1. The molecule has 0 aliphatic heterocycles. The predicted octanol–water partition coefficient (Wildman–Crippen LogP) is 3.84. The second-order valence-electron chi connectivity index (χ2n) is 5.10. The van der Waals surface area contributed by atoms with Gasteiger partial charge in [0, 0.05) is 10.6 Å². The Kier molecular flexibility index (Phi) is 5.65. The molecule has 26 heavy (non-hydrogen) atoms. The van der Waals surface area contributed by atoms with Crippen molar-refractivity contribution in [1.29, 1.82) is 0 Å². The minimum Gasteiger partial charge on any atom is -0.506 e. The molecule has 0 radical (unpaired) electrons. The molecule has 0 fully saturated rings. The Morgan fingerprint density at radius 3 is 2.96 bits per heavy atom. The van der Waals surface area contributed by atoms with Gasteiger partial charge in [-0.05, 0) is 36.4 Å². The number of aromatic nitrogens is 2. The van der Waals surface area contributed by atoms with E-state index in [1.165, 1.54) is 18.2 Å². The number of hydrogen-bond donors (Lipinski definition) is 2. The van der Waals surface area contributed by atoms with E-state index in [-0.39, 0.29) is 28.3 Å². The third-order valence-corrected chi connectivity index (χ3v) is 4.34. The van der Waals surface area contributed by atoms with Gasteiger partial charge in [-0.15, -0.1) is 10.2 Å². The van der Waals surface area contributed by atoms with E-state index in [1.54, 1.807) is 13.2 Å². The average molecular weight is 392 g/mol. The van der Waals surface area contributed by atoms with Crippen molar-refractivity contribution in [2.24, 2.45) is 0 Å². The molecule has 0 saturated heterocycles. The van der Waals surface area contributed by atoms with Crippen LogP contribution in [-0.2, 0) is 4.79 Å². The lowest BCUT2D eigenvalue weighted by Crippen LogP contribution is -2.14. The van der Waals surface area contributed by atoms with Crippen molar-refractivity contribution in [2.75, 3.05) is 18.2 Å². The number of aromatic hydroxyl groups is 1. The zero-order valence-electron chi connectivity index (χ0n) is 13.6. The number of carbonyl (C=O) groups excluding carboxylic acids is 1. The van der Waals surface area contributed by atoms with Crippen molar-refractivity contribution in [3.63, 3.8) is 0 Å². The highest BCUT2D eigenvalue weighted by Crippen LogP contribution is 2.28. The van der Waals surface area contributed by atoms with Gasteiger partial charge in [-0.2, -0.15) is 0 Å². The van der Waals surface area contributed by atoms with Gasteiger partial charge in [0.1, 0.15) is 11.5 Å². The summed E-state index contributed by atoms with van der Waals surface area (Å²) in [5.41, 5.74) is 0.961. The molecule has 0 aliphatic rings. The van der Waals surface area contributed by atoms with Crippen LogP contribution < -0.4 is 10.1 Å². The number of phenolic OH excluding ortho intramolecular Hbond substituents is 1. The third-order valence-electron chi connectivity index (χ3n) is 3.28. The highest BCUT2D eigenvalue weighted by atomic mass is 35.5. The fourth-order valence-electron chi connectivity index (χ4n) is 2.06. The number of methoxy groups -OCH3 is 1. The van der Waals surface area contributed by atoms with Gasteiger partial charge in [-0.25, -0.2) is 0 Å². The topological polar surface area (TPSA) is 97.5 Å². The smallest absolute Gasteiger partial charge is 0.277 e. The van der Waals surface area contributed by atoms with Gasteiger partial charge in [0.2, 0.25) is 11.8 Å². The first kappa shape index (κ1) is 18.1. The quantitative estimate of drug-likeness (QED) is 0.486. The first-order valence-corrected chi connectivity index (χ1v) is 8.80. The summed E-state index contributed by atoms with van der Waals surface area (Å²) in [7, 11) is 1.57. The van der Waals surface area contributed by atoms with Gasteiger partial charge in [-0.1, -0.05) is 29.4 Å². The Morgan fingerprint density at radius 1 is 1.31 bits per heavy atom. The Morgan fingerprint density at radius 2 is 2.15 bits per heavy atom. The number of nitrogens with zero attached hydrogens (tertiary/aromatic N) is 2. The zero-order valence-corrected chi connectivity index (χ0v) is 15.2. The van der Waals surface area contributed by atoms with Crippen molar-refractivity contribution in [3.05, 3.63) is 47.5 Å². The number of carbonyl (C=O) groups is 1. The van der Waals surface area contributed by atoms with Crippen LogP contribution in [0, 0.1) is 0 Å². The van der Waals surface area contributed by atoms with Crippen LogP contribution in [0.4, 0.5) is 5.69 Å². The van der Waals surface area contributed by atoms with Crippen LogP contribution in [0.25, 0.3) is 11.5 Å². The fraction of sp³-hybridized carbons (Fsp3) is 0.118. The van der Waals surface area contributed by atoms with Crippen molar-refractivity contribution >= 4 is 35.0 Å². The SMILES string of the molecule is COc1cccc(-c2nnc(SCC(=O)Nc3cc(Cl)ccc3O)o2)c1. The highest BCUT2D eigenvalue weighted by Gasteiger charge is 2.13. The minimum atomic E-state index is -0.339. The van der Waals surface area contributed by atoms with E-state index in [4.69, 9.17) is 20.8 Å². The van der Waals surface area contributed by atoms with E-state index in [9.17, 15) is 9.90 Å². The number of benzene rings is 2.